The number of aryl methyl sites for hydroxylation is 2. The summed E-state index contributed by atoms with van der Waals surface area (Å²) >= 11 is 1.64. The molecule has 22 heavy (non-hydrogen) atoms. The molecule has 5 nitrogen and oxygen atoms in total. The highest BCUT2D eigenvalue weighted by Gasteiger charge is 2.18. The predicted octanol–water partition coefficient (Wildman–Crippen LogP) is 3.24. The summed E-state index contributed by atoms with van der Waals surface area (Å²) in [5, 5.41) is 4.24. The van der Waals surface area contributed by atoms with Crippen LogP contribution in [0.3, 0.4) is 0 Å². The molecule has 116 valence electrons. The zero-order chi connectivity index (χ0) is 16.3. The van der Waals surface area contributed by atoms with Gasteiger partial charge in [0.2, 0.25) is 0 Å². The van der Waals surface area contributed by atoms with Crippen molar-refractivity contribution in [2.24, 2.45) is 12.0 Å². The quantitative estimate of drug-likeness (QED) is 0.628. The van der Waals surface area contributed by atoms with Crippen LogP contribution in [0.2, 0.25) is 0 Å². The topological polar surface area (TPSA) is 56.5 Å². The monoisotopic (exact) mass is 317 g/mol. The lowest BCUT2D eigenvalue weighted by Gasteiger charge is -1.99. The van der Waals surface area contributed by atoms with Gasteiger partial charge in [-0.3, -0.25) is 9.67 Å². The smallest absolute Gasteiger partial charge is 0.358 e. The number of thiophene rings is 1. The average Bonchev–Trinajstić information content (AvgIpc) is 3.04. The van der Waals surface area contributed by atoms with E-state index in [4.69, 9.17) is 4.74 Å². The van der Waals surface area contributed by atoms with E-state index in [1.54, 1.807) is 42.1 Å². The molecular formula is C16H19N3O2S. The fourth-order valence-electron chi connectivity index (χ4n) is 2.19. The lowest BCUT2D eigenvalue weighted by Crippen LogP contribution is -2.05. The van der Waals surface area contributed by atoms with Crippen LogP contribution >= 0.6 is 11.3 Å². The number of aromatic nitrogens is 2. The summed E-state index contributed by atoms with van der Waals surface area (Å²) in [4.78, 5) is 18.2. The van der Waals surface area contributed by atoms with E-state index in [-0.39, 0.29) is 0 Å². The summed E-state index contributed by atoms with van der Waals surface area (Å²) in [6.07, 6.45) is 1.74. The Hall–Kier alpha value is -2.21. The maximum absolute atomic E-state index is 11.8. The molecule has 0 aliphatic carbocycles. The first-order valence-electron chi connectivity index (χ1n) is 6.93. The van der Waals surface area contributed by atoms with Crippen molar-refractivity contribution < 1.29 is 9.53 Å². The molecule has 0 amide bonds. The van der Waals surface area contributed by atoms with Crippen molar-refractivity contribution in [1.29, 1.82) is 0 Å². The number of ether oxygens (including phenoxy) is 1. The minimum Gasteiger partial charge on any atom is -0.461 e. The second-order valence-electron chi connectivity index (χ2n) is 4.65. The van der Waals surface area contributed by atoms with E-state index in [0.717, 1.165) is 26.7 Å². The van der Waals surface area contributed by atoms with Crippen LogP contribution < -0.4 is 0 Å². The number of aliphatic imine (C=N–C) groups is 1. The molecule has 0 unspecified atom stereocenters. The molecule has 0 aliphatic rings. The van der Waals surface area contributed by atoms with Crippen molar-refractivity contribution in [3.05, 3.63) is 40.2 Å². The number of carbonyl (C=O) groups is 1. The molecule has 0 N–H and O–H groups in total. The van der Waals surface area contributed by atoms with Crippen LogP contribution in [0, 0.1) is 6.92 Å². The maximum atomic E-state index is 11.8. The van der Waals surface area contributed by atoms with Crippen molar-refractivity contribution in [2.75, 3.05) is 13.7 Å². The van der Waals surface area contributed by atoms with Gasteiger partial charge in [-0.25, -0.2) is 4.79 Å². The average molecular weight is 317 g/mol. The Morgan fingerprint density at radius 2 is 2.27 bits per heavy atom. The summed E-state index contributed by atoms with van der Waals surface area (Å²) < 4.78 is 6.69. The Labute approximate surface area is 134 Å². The number of allylic oxidation sites excluding steroid dienone is 1. The number of rotatable bonds is 5. The van der Waals surface area contributed by atoms with Gasteiger partial charge in [0.15, 0.2) is 5.69 Å². The molecule has 2 heterocycles. The van der Waals surface area contributed by atoms with Gasteiger partial charge in [-0.1, -0.05) is 6.58 Å². The molecule has 0 radical (unpaired) electrons. The normalized spacial score (nSPS) is 11.5. The summed E-state index contributed by atoms with van der Waals surface area (Å²) in [6, 6.07) is 3.81. The summed E-state index contributed by atoms with van der Waals surface area (Å²) in [5.74, 6) is -0.403. The summed E-state index contributed by atoms with van der Waals surface area (Å²) in [5.41, 5.74) is 3.09. The second kappa shape index (κ2) is 6.70. The minimum atomic E-state index is -0.403. The van der Waals surface area contributed by atoms with Crippen LogP contribution in [0.1, 0.15) is 27.2 Å². The molecule has 0 bridgehead atoms. The molecule has 2 rings (SSSR count). The highest BCUT2D eigenvalue weighted by molar-refractivity contribution is 7.14. The van der Waals surface area contributed by atoms with Crippen molar-refractivity contribution >= 4 is 23.0 Å². The van der Waals surface area contributed by atoms with E-state index in [1.807, 2.05) is 14.0 Å². The molecule has 0 atom stereocenters. The van der Waals surface area contributed by atoms with Crippen molar-refractivity contribution in [2.45, 2.75) is 13.8 Å². The fourth-order valence-corrected chi connectivity index (χ4v) is 3.25. The van der Waals surface area contributed by atoms with Crippen molar-refractivity contribution in [3.63, 3.8) is 0 Å². The van der Waals surface area contributed by atoms with Gasteiger partial charge in [-0.05, 0) is 32.1 Å². The molecule has 6 heteroatoms. The Morgan fingerprint density at radius 1 is 1.55 bits per heavy atom. The van der Waals surface area contributed by atoms with Gasteiger partial charge in [-0.15, -0.1) is 11.3 Å². The van der Waals surface area contributed by atoms with Crippen LogP contribution in [0.15, 0.2) is 29.8 Å². The molecule has 0 aromatic carbocycles. The van der Waals surface area contributed by atoms with Crippen molar-refractivity contribution in [3.8, 4) is 11.3 Å². The predicted molar refractivity (Wildman–Crippen MR) is 89.9 cm³/mol. The van der Waals surface area contributed by atoms with Gasteiger partial charge >= 0.3 is 5.97 Å². The van der Waals surface area contributed by atoms with E-state index in [0.29, 0.717) is 12.3 Å². The third-order valence-corrected chi connectivity index (χ3v) is 4.32. The molecule has 0 spiro atoms. The highest BCUT2D eigenvalue weighted by Crippen LogP contribution is 2.32. The van der Waals surface area contributed by atoms with E-state index in [2.05, 4.69) is 22.7 Å². The summed E-state index contributed by atoms with van der Waals surface area (Å²) in [7, 11) is 3.56. The van der Waals surface area contributed by atoms with E-state index in [1.165, 1.54) is 0 Å². The Morgan fingerprint density at radius 3 is 2.86 bits per heavy atom. The van der Waals surface area contributed by atoms with Crippen LogP contribution in [0.4, 0.5) is 0 Å². The van der Waals surface area contributed by atoms with Gasteiger partial charge < -0.3 is 4.74 Å². The van der Waals surface area contributed by atoms with E-state index >= 15 is 0 Å². The van der Waals surface area contributed by atoms with Crippen LogP contribution in [0.25, 0.3) is 11.3 Å². The first-order valence-corrected chi connectivity index (χ1v) is 7.75. The van der Waals surface area contributed by atoms with Crippen LogP contribution in [0.5, 0.6) is 0 Å². The molecule has 2 aromatic heterocycles. The number of hydrogen-bond donors (Lipinski definition) is 0. The molecule has 2 aromatic rings. The van der Waals surface area contributed by atoms with Crippen LogP contribution in [-0.2, 0) is 11.8 Å². The summed E-state index contributed by atoms with van der Waals surface area (Å²) in [6.45, 7) is 7.93. The molecular weight excluding hydrogens is 298 g/mol. The van der Waals surface area contributed by atoms with E-state index in [9.17, 15) is 4.79 Å². The first kappa shape index (κ1) is 16.2. The second-order valence-corrected chi connectivity index (χ2v) is 5.91. The third-order valence-electron chi connectivity index (χ3n) is 3.24. The Balaban J connectivity index is 2.45. The number of esters is 1. The Bertz CT molecular complexity index is 741. The molecule has 0 fully saturated rings. The zero-order valence-corrected chi connectivity index (χ0v) is 14.0. The number of hydrogen-bond acceptors (Lipinski definition) is 5. The van der Waals surface area contributed by atoms with Crippen LogP contribution in [-0.4, -0.2) is 35.1 Å². The minimum absolute atomic E-state index is 0.319. The lowest BCUT2D eigenvalue weighted by molar-refractivity contribution is 0.0518. The SMILES string of the molecule is C=CC(=NC)c1cc(-c2cc(C(=O)OCC)nn2C)c(C)s1. The Kier molecular flexibility index (Phi) is 4.92. The van der Waals surface area contributed by atoms with Gasteiger partial charge in [0, 0.05) is 24.5 Å². The largest absolute Gasteiger partial charge is 0.461 e. The van der Waals surface area contributed by atoms with Gasteiger partial charge in [0.25, 0.3) is 0 Å². The fraction of sp³-hybridized carbons (Fsp3) is 0.312. The zero-order valence-electron chi connectivity index (χ0n) is 13.2. The van der Waals surface area contributed by atoms with Gasteiger partial charge in [0.05, 0.1) is 22.9 Å². The maximum Gasteiger partial charge on any atom is 0.358 e. The molecule has 0 aliphatic heterocycles. The standard InChI is InChI=1S/C16H19N3O2S/c1-6-12(17-4)15-8-11(10(3)22-15)14-9-13(18-19(14)5)16(20)21-7-2/h6,8-9H,1,7H2,2-5H3. The number of carbonyl (C=O) groups excluding carboxylic acids is 1. The molecule has 0 saturated heterocycles. The highest BCUT2D eigenvalue weighted by atomic mass is 32.1. The van der Waals surface area contributed by atoms with E-state index < -0.39 is 5.97 Å². The third kappa shape index (κ3) is 3.01. The first-order chi connectivity index (χ1) is 10.5. The lowest BCUT2D eigenvalue weighted by atomic mass is 10.1. The number of nitrogens with zero attached hydrogens (tertiary/aromatic N) is 3. The van der Waals surface area contributed by atoms with Crippen molar-refractivity contribution in [1.82, 2.24) is 9.78 Å². The van der Waals surface area contributed by atoms with Gasteiger partial charge in [-0.2, -0.15) is 5.10 Å². The van der Waals surface area contributed by atoms with Gasteiger partial charge in [0.1, 0.15) is 0 Å². The molecule has 0 saturated carbocycles.